The second kappa shape index (κ2) is 28.3. The van der Waals surface area contributed by atoms with E-state index in [1.54, 1.807) is 0 Å². The maximum absolute atomic E-state index is 12.1. The molecule has 0 saturated carbocycles. The molecule has 2 unspecified atom stereocenters. The summed E-state index contributed by atoms with van der Waals surface area (Å²) in [6, 6.07) is 0. The Kier molecular flexibility index (Phi) is 26.5. The van der Waals surface area contributed by atoms with Crippen LogP contribution >= 0.6 is 7.82 Å². The number of hydrogen-bond acceptors (Lipinski definition) is 11. The van der Waals surface area contributed by atoms with E-state index in [4.69, 9.17) is 11.2 Å². The molecule has 0 heterocycles. The van der Waals surface area contributed by atoms with E-state index in [9.17, 15) is 39.8 Å². The maximum Gasteiger partial charge on any atom is 0.472 e. The summed E-state index contributed by atoms with van der Waals surface area (Å²) in [6.07, 6.45) is 15.0. The van der Waals surface area contributed by atoms with E-state index in [0.717, 1.165) is 32.1 Å². The molecule has 0 radical (unpaired) electrons. The zero-order valence-corrected chi connectivity index (χ0v) is 27.5. The normalized spacial score (nSPS) is 17.9. The molecule has 0 aromatic rings. The van der Waals surface area contributed by atoms with Gasteiger partial charge in [0.05, 0.1) is 21.2 Å². The molecule has 0 bridgehead atoms. The Morgan fingerprint density at radius 1 is 0.773 bits per heavy atom. The van der Waals surface area contributed by atoms with Crippen molar-refractivity contribution in [3.05, 3.63) is 12.2 Å². The molecule has 0 saturated heterocycles. The van der Waals surface area contributed by atoms with Crippen LogP contribution in [0.1, 0.15) is 124 Å². The molecule has 7 atom stereocenters. The van der Waals surface area contributed by atoms with Gasteiger partial charge in [0, 0.05) is 6.42 Å². The van der Waals surface area contributed by atoms with Crippen molar-refractivity contribution in [2.24, 2.45) is 0 Å². The Bertz CT molecular complexity index is 790. The average molecular weight is 658 g/mol. The zero-order valence-electron chi connectivity index (χ0n) is 27.6. The Morgan fingerprint density at radius 3 is 1.77 bits per heavy atom. The van der Waals surface area contributed by atoms with E-state index in [1.165, 1.54) is 70.6 Å². The SMILES string of the molecule is [2H]C(OC(=O)CCCCCCCCCC/C=C\CCCCCCCCC)[C@@H](O)COP(=O)(O)O[C@H](CO)[C@@H](O)[C@H](O)[C@H](O)CO. The summed E-state index contributed by atoms with van der Waals surface area (Å²) in [5.74, 6) is -0.697. The minimum absolute atomic E-state index is 0.0633. The van der Waals surface area contributed by atoms with Crippen molar-refractivity contribution >= 4 is 13.8 Å². The number of rotatable bonds is 31. The number of allylic oxidation sites excluding steroid dienone is 2. The fourth-order valence-corrected chi connectivity index (χ4v) is 5.37. The number of carbonyl (C=O) groups is 1. The van der Waals surface area contributed by atoms with Crippen LogP contribution in [0.25, 0.3) is 0 Å². The summed E-state index contributed by atoms with van der Waals surface area (Å²) in [4.78, 5) is 21.8. The second-order valence-corrected chi connectivity index (χ2v) is 12.7. The van der Waals surface area contributed by atoms with Crippen LogP contribution in [0.15, 0.2) is 12.2 Å². The molecule has 0 amide bonds. The quantitative estimate of drug-likeness (QED) is 0.0244. The van der Waals surface area contributed by atoms with Gasteiger partial charge in [-0.2, -0.15) is 0 Å². The van der Waals surface area contributed by atoms with Crippen LogP contribution in [-0.4, -0.2) is 98.4 Å². The number of phosphoric acid groups is 1. The highest BCUT2D eigenvalue weighted by atomic mass is 31.2. The van der Waals surface area contributed by atoms with Gasteiger partial charge in [-0.15, -0.1) is 0 Å². The van der Waals surface area contributed by atoms with Crippen LogP contribution in [0.4, 0.5) is 0 Å². The van der Waals surface area contributed by atoms with E-state index in [-0.39, 0.29) is 6.42 Å². The molecule has 0 spiro atoms. The molecular weight excluding hydrogens is 595 g/mol. The standard InChI is InChI=1S/C31H61O12P/c1-2-3-4-5-6-7-8-9-10-11-12-13-14-15-16-17-18-19-20-21-29(36)41-24-26(34)25-42-44(39,40)43-28(23-33)31(38)30(37)27(35)22-32/h10-11,26-28,30-35,37-38H,2-9,12-25H2,1H3,(H,39,40)/b11-10-/t26-,27-,28-,30-,31-/m1/s1/i24D/t24?,26-,27-,28-,30-,31-. The van der Waals surface area contributed by atoms with Crippen molar-refractivity contribution in [3.63, 3.8) is 0 Å². The van der Waals surface area contributed by atoms with Crippen molar-refractivity contribution in [2.75, 3.05) is 26.4 Å². The lowest BCUT2D eigenvalue weighted by molar-refractivity contribution is -0.147. The number of aliphatic hydroxyl groups is 6. The van der Waals surface area contributed by atoms with Gasteiger partial charge in [0.2, 0.25) is 0 Å². The van der Waals surface area contributed by atoms with Crippen molar-refractivity contribution in [1.29, 1.82) is 0 Å². The molecule has 44 heavy (non-hydrogen) atoms. The van der Waals surface area contributed by atoms with Gasteiger partial charge in [-0.05, 0) is 32.1 Å². The summed E-state index contributed by atoms with van der Waals surface area (Å²) < 4.78 is 33.8. The molecule has 0 rings (SSSR count). The van der Waals surface area contributed by atoms with Crippen molar-refractivity contribution in [3.8, 4) is 0 Å². The smallest absolute Gasteiger partial charge is 0.463 e. The monoisotopic (exact) mass is 657 g/mol. The average Bonchev–Trinajstić information content (AvgIpc) is 3.02. The van der Waals surface area contributed by atoms with Gasteiger partial charge in [-0.25, -0.2) is 4.57 Å². The first-order chi connectivity index (χ1) is 21.5. The van der Waals surface area contributed by atoms with Gasteiger partial charge in [0.15, 0.2) is 0 Å². The molecule has 13 heteroatoms. The number of aliphatic hydroxyl groups excluding tert-OH is 6. The zero-order chi connectivity index (χ0) is 33.9. The number of carbonyl (C=O) groups excluding carboxylic acids is 1. The first kappa shape index (κ1) is 41.1. The van der Waals surface area contributed by atoms with Crippen LogP contribution in [0.5, 0.6) is 0 Å². The first-order valence-electron chi connectivity index (χ1n) is 16.9. The van der Waals surface area contributed by atoms with Gasteiger partial charge >= 0.3 is 13.8 Å². The summed E-state index contributed by atoms with van der Waals surface area (Å²) >= 11 is 0. The minimum Gasteiger partial charge on any atom is -0.463 e. The van der Waals surface area contributed by atoms with E-state index < -0.39 is 70.7 Å². The molecule has 0 aromatic heterocycles. The molecule has 0 fully saturated rings. The Labute approximate surface area is 265 Å². The van der Waals surface area contributed by atoms with Crippen LogP contribution in [-0.2, 0) is 23.1 Å². The number of esters is 1. The largest absolute Gasteiger partial charge is 0.472 e. The molecular formula is C31H61O12P. The molecule has 0 aliphatic heterocycles. The summed E-state index contributed by atoms with van der Waals surface area (Å²) in [6.45, 7) is -2.51. The predicted octanol–water partition coefficient (Wildman–Crippen LogP) is 4.06. The van der Waals surface area contributed by atoms with E-state index in [1.807, 2.05) is 0 Å². The van der Waals surface area contributed by atoms with Crippen LogP contribution in [0.3, 0.4) is 0 Å². The molecule has 0 aromatic carbocycles. The van der Waals surface area contributed by atoms with Gasteiger partial charge in [0.25, 0.3) is 0 Å². The van der Waals surface area contributed by atoms with Crippen molar-refractivity contribution in [2.45, 2.75) is 153 Å². The lowest BCUT2D eigenvalue weighted by Gasteiger charge is -2.28. The maximum atomic E-state index is 12.1. The van der Waals surface area contributed by atoms with Crippen molar-refractivity contribution < 1.29 is 60.0 Å². The van der Waals surface area contributed by atoms with Crippen LogP contribution < -0.4 is 0 Å². The topological polar surface area (TPSA) is 203 Å². The van der Waals surface area contributed by atoms with E-state index >= 15 is 0 Å². The fourth-order valence-electron chi connectivity index (χ4n) is 4.43. The summed E-state index contributed by atoms with van der Waals surface area (Å²) in [7, 11) is -5.04. The van der Waals surface area contributed by atoms with Crippen LogP contribution in [0, 0.1) is 0 Å². The van der Waals surface area contributed by atoms with E-state index in [0.29, 0.717) is 6.42 Å². The van der Waals surface area contributed by atoms with Gasteiger partial charge in [0.1, 0.15) is 37.1 Å². The lowest BCUT2D eigenvalue weighted by atomic mass is 10.0. The molecule has 262 valence electrons. The Balaban J connectivity index is 3.92. The van der Waals surface area contributed by atoms with Gasteiger partial charge in [-0.1, -0.05) is 96.1 Å². The van der Waals surface area contributed by atoms with Gasteiger partial charge < -0.3 is 40.3 Å². The number of phosphoric ester groups is 1. The van der Waals surface area contributed by atoms with Gasteiger partial charge in [-0.3, -0.25) is 13.8 Å². The summed E-state index contributed by atoms with van der Waals surface area (Å²) in [5.41, 5.74) is 0. The first-order valence-corrected chi connectivity index (χ1v) is 17.8. The summed E-state index contributed by atoms with van der Waals surface area (Å²) in [5, 5.41) is 57.0. The third-order valence-electron chi connectivity index (χ3n) is 7.17. The molecule has 0 aliphatic carbocycles. The molecule has 0 aliphatic rings. The Morgan fingerprint density at radius 2 is 1.27 bits per heavy atom. The fraction of sp³-hybridized carbons (Fsp3) is 0.903. The highest BCUT2D eigenvalue weighted by molar-refractivity contribution is 7.47. The van der Waals surface area contributed by atoms with Crippen LogP contribution in [0.2, 0.25) is 0 Å². The van der Waals surface area contributed by atoms with Crippen molar-refractivity contribution in [1.82, 2.24) is 0 Å². The Hall–Kier alpha value is -0.920. The second-order valence-electron chi connectivity index (χ2n) is 11.3. The number of ether oxygens (including phenoxy) is 1. The minimum atomic E-state index is -5.04. The predicted molar refractivity (Wildman–Crippen MR) is 168 cm³/mol. The molecule has 12 nitrogen and oxygen atoms in total. The molecule has 7 N–H and O–H groups in total. The number of hydrogen-bond donors (Lipinski definition) is 7. The number of unbranched alkanes of at least 4 members (excludes halogenated alkanes) is 15. The third kappa shape index (κ3) is 24.3. The third-order valence-corrected chi connectivity index (χ3v) is 8.18. The lowest BCUT2D eigenvalue weighted by Crippen LogP contribution is -2.47. The van der Waals surface area contributed by atoms with E-state index in [2.05, 4.69) is 28.1 Å². The highest BCUT2D eigenvalue weighted by Crippen LogP contribution is 2.45. The highest BCUT2D eigenvalue weighted by Gasteiger charge is 2.37.